The van der Waals surface area contributed by atoms with Gasteiger partial charge < -0.3 is 9.47 Å². The summed E-state index contributed by atoms with van der Waals surface area (Å²) in [6.45, 7) is 10.4. The molecule has 2 fully saturated rings. The summed E-state index contributed by atoms with van der Waals surface area (Å²) >= 11 is 0. The van der Waals surface area contributed by atoms with Crippen LogP contribution in [0.4, 0.5) is 0 Å². The summed E-state index contributed by atoms with van der Waals surface area (Å²) in [7, 11) is 0. The van der Waals surface area contributed by atoms with E-state index in [1.165, 1.54) is 89.3 Å². The molecule has 2 saturated heterocycles. The molecule has 0 spiro atoms. The molecule has 0 radical (unpaired) electrons. The van der Waals surface area contributed by atoms with E-state index in [-0.39, 0.29) is 0 Å². The molecule has 1 aliphatic carbocycles. The zero-order valence-corrected chi connectivity index (χ0v) is 21.6. The highest BCUT2D eigenvalue weighted by Crippen LogP contribution is 2.48. The van der Waals surface area contributed by atoms with Gasteiger partial charge in [0.25, 0.3) is 0 Å². The molecule has 6 rings (SSSR count). The van der Waals surface area contributed by atoms with Gasteiger partial charge in [-0.1, -0.05) is 48.5 Å². The molecule has 2 aliphatic heterocycles. The van der Waals surface area contributed by atoms with Crippen molar-refractivity contribution in [3.63, 3.8) is 0 Å². The molecular formula is C32H40N2O2. The van der Waals surface area contributed by atoms with Gasteiger partial charge in [-0.2, -0.15) is 0 Å². The van der Waals surface area contributed by atoms with Gasteiger partial charge >= 0.3 is 0 Å². The van der Waals surface area contributed by atoms with Gasteiger partial charge in [-0.05, 0) is 95.8 Å². The van der Waals surface area contributed by atoms with Crippen LogP contribution in [0.15, 0.2) is 48.5 Å². The molecule has 36 heavy (non-hydrogen) atoms. The predicted molar refractivity (Wildman–Crippen MR) is 149 cm³/mol. The third-order valence-electron chi connectivity index (χ3n) is 8.36. The normalized spacial score (nSPS) is 18.1. The molecule has 0 aromatic heterocycles. The van der Waals surface area contributed by atoms with Crippen molar-refractivity contribution < 1.29 is 9.47 Å². The number of nitrogens with zero attached hydrogens (tertiary/aromatic N) is 2. The molecule has 2 heterocycles. The van der Waals surface area contributed by atoms with Crippen molar-refractivity contribution in [3.8, 4) is 22.3 Å². The fraction of sp³-hybridized carbons (Fsp3) is 0.500. The summed E-state index contributed by atoms with van der Waals surface area (Å²) in [4.78, 5) is 5.09. The monoisotopic (exact) mass is 484 g/mol. The second kappa shape index (κ2) is 11.4. The van der Waals surface area contributed by atoms with Crippen LogP contribution in [0.2, 0.25) is 0 Å². The van der Waals surface area contributed by atoms with Gasteiger partial charge in [-0.15, -0.1) is 0 Å². The summed E-state index contributed by atoms with van der Waals surface area (Å²) in [5.74, 6) is 0. The first-order valence-electron chi connectivity index (χ1n) is 14.2. The number of unbranched alkanes of at least 4 members (excludes halogenated alkanes) is 2. The average Bonchev–Trinajstić information content (AvgIpc) is 3.26. The van der Waals surface area contributed by atoms with Crippen LogP contribution in [0, 0.1) is 0 Å². The number of ether oxygens (including phenoxy) is 2. The van der Waals surface area contributed by atoms with E-state index in [1.807, 2.05) is 0 Å². The summed E-state index contributed by atoms with van der Waals surface area (Å²) in [5.41, 5.74) is 8.69. The molecule has 0 atom stereocenters. The lowest BCUT2D eigenvalue weighted by Gasteiger charge is -2.26. The first-order valence-corrected chi connectivity index (χ1v) is 14.2. The fourth-order valence-electron chi connectivity index (χ4n) is 6.30. The topological polar surface area (TPSA) is 24.9 Å². The molecule has 190 valence electrons. The largest absolute Gasteiger partial charge is 0.379 e. The lowest BCUT2D eigenvalue weighted by atomic mass is 9.95. The van der Waals surface area contributed by atoms with Crippen LogP contribution < -0.4 is 0 Å². The van der Waals surface area contributed by atoms with Crippen LogP contribution in [-0.2, 0) is 22.3 Å². The Balaban J connectivity index is 1.11. The highest BCUT2D eigenvalue weighted by molar-refractivity contribution is 6.16. The quantitative estimate of drug-likeness (QED) is 0.266. The maximum atomic E-state index is 5.49. The third kappa shape index (κ3) is 5.24. The first-order chi connectivity index (χ1) is 17.9. The van der Waals surface area contributed by atoms with Crippen molar-refractivity contribution in [1.82, 2.24) is 9.80 Å². The molecular weight excluding hydrogens is 444 g/mol. The van der Waals surface area contributed by atoms with E-state index in [0.29, 0.717) is 0 Å². The zero-order chi connectivity index (χ0) is 24.2. The van der Waals surface area contributed by atoms with E-state index >= 15 is 0 Å². The Bertz CT molecular complexity index is 1180. The Labute approximate surface area is 216 Å². The maximum Gasteiger partial charge on any atom is 0.0594 e. The molecule has 4 heteroatoms. The number of hydrogen-bond acceptors (Lipinski definition) is 4. The number of aryl methyl sites for hydroxylation is 2. The number of fused-ring (bicyclic) bond motifs is 3. The van der Waals surface area contributed by atoms with Crippen molar-refractivity contribution >= 4 is 10.8 Å². The van der Waals surface area contributed by atoms with Crippen LogP contribution in [0.5, 0.6) is 0 Å². The van der Waals surface area contributed by atoms with Gasteiger partial charge in [-0.25, -0.2) is 0 Å². The van der Waals surface area contributed by atoms with Gasteiger partial charge in [0.1, 0.15) is 0 Å². The number of morpholine rings is 2. The van der Waals surface area contributed by atoms with Crippen LogP contribution in [0.3, 0.4) is 0 Å². The van der Waals surface area contributed by atoms with Crippen molar-refractivity contribution in [2.45, 2.75) is 38.5 Å². The standard InChI is InChI=1S/C32H40N2O2/c1(3-14-33-16-20-35-21-17-33)6-25-10-12-28-29-9-5-8-27-26(11-13-30(32(27)29)31(28)24-25)7-2-4-15-34-18-22-36-23-19-34/h5,8-13,24H,1-4,6-7,14-23H2. The summed E-state index contributed by atoms with van der Waals surface area (Å²) in [6.07, 6.45) is 7.35. The molecule has 4 nitrogen and oxygen atoms in total. The molecule has 0 saturated carbocycles. The predicted octanol–water partition coefficient (Wildman–Crippen LogP) is 5.80. The molecule has 0 bridgehead atoms. The fourth-order valence-corrected chi connectivity index (χ4v) is 6.30. The molecule has 3 aromatic rings. The van der Waals surface area contributed by atoms with E-state index in [9.17, 15) is 0 Å². The smallest absolute Gasteiger partial charge is 0.0594 e. The number of benzene rings is 3. The molecule has 3 aromatic carbocycles. The van der Waals surface area contributed by atoms with Crippen LogP contribution in [0.1, 0.15) is 36.8 Å². The summed E-state index contributed by atoms with van der Waals surface area (Å²) in [6, 6.07) is 18.9. The minimum Gasteiger partial charge on any atom is -0.379 e. The SMILES string of the molecule is c1cc2c3c(ccc(CCCCN4CCOCC4)c3c1)-c1cc(CCCCN3CCOCC3)ccc1-2. The lowest BCUT2D eigenvalue weighted by Crippen LogP contribution is -2.36. The van der Waals surface area contributed by atoms with Gasteiger partial charge in [-0.3, -0.25) is 9.80 Å². The van der Waals surface area contributed by atoms with E-state index in [4.69, 9.17) is 9.47 Å². The minimum absolute atomic E-state index is 0.894. The first kappa shape index (κ1) is 24.1. The molecule has 0 unspecified atom stereocenters. The van der Waals surface area contributed by atoms with Crippen molar-refractivity contribution in [2.24, 2.45) is 0 Å². The Morgan fingerprint density at radius 1 is 0.583 bits per heavy atom. The highest BCUT2D eigenvalue weighted by atomic mass is 16.5. The lowest BCUT2D eigenvalue weighted by molar-refractivity contribution is 0.0371. The number of hydrogen-bond donors (Lipinski definition) is 0. The van der Waals surface area contributed by atoms with Gasteiger partial charge in [0, 0.05) is 26.2 Å². The summed E-state index contributed by atoms with van der Waals surface area (Å²) < 4.78 is 11.0. The third-order valence-corrected chi connectivity index (χ3v) is 8.36. The number of rotatable bonds is 10. The Morgan fingerprint density at radius 2 is 1.22 bits per heavy atom. The van der Waals surface area contributed by atoms with Crippen molar-refractivity contribution in [3.05, 3.63) is 59.7 Å². The highest BCUT2D eigenvalue weighted by Gasteiger charge is 2.22. The second-order valence-electron chi connectivity index (χ2n) is 10.7. The Hall–Kier alpha value is -2.24. The van der Waals surface area contributed by atoms with Crippen molar-refractivity contribution in [2.75, 3.05) is 65.7 Å². The van der Waals surface area contributed by atoms with E-state index < -0.39 is 0 Å². The average molecular weight is 485 g/mol. The summed E-state index contributed by atoms with van der Waals surface area (Å²) in [5, 5.41) is 2.93. The van der Waals surface area contributed by atoms with Gasteiger partial charge in [0.05, 0.1) is 26.4 Å². The molecule has 3 aliphatic rings. The van der Waals surface area contributed by atoms with Crippen LogP contribution >= 0.6 is 0 Å². The minimum atomic E-state index is 0.894. The second-order valence-corrected chi connectivity index (χ2v) is 10.7. The maximum absolute atomic E-state index is 5.49. The Kier molecular flexibility index (Phi) is 7.66. The molecule has 0 N–H and O–H groups in total. The van der Waals surface area contributed by atoms with Crippen LogP contribution in [-0.4, -0.2) is 75.5 Å². The molecule has 0 amide bonds. The van der Waals surface area contributed by atoms with Crippen molar-refractivity contribution in [1.29, 1.82) is 0 Å². The Morgan fingerprint density at radius 3 is 1.94 bits per heavy atom. The van der Waals surface area contributed by atoms with E-state index in [1.54, 1.807) is 0 Å². The van der Waals surface area contributed by atoms with Crippen LogP contribution in [0.25, 0.3) is 33.0 Å². The van der Waals surface area contributed by atoms with Gasteiger partial charge in [0.2, 0.25) is 0 Å². The zero-order valence-electron chi connectivity index (χ0n) is 21.6. The van der Waals surface area contributed by atoms with E-state index in [2.05, 4.69) is 58.3 Å². The van der Waals surface area contributed by atoms with Gasteiger partial charge in [0.15, 0.2) is 0 Å². The van der Waals surface area contributed by atoms with E-state index in [0.717, 1.165) is 59.0 Å².